The zero-order chi connectivity index (χ0) is 80.4. The van der Waals surface area contributed by atoms with Crippen LogP contribution in [0.5, 0.6) is 11.5 Å². The van der Waals surface area contributed by atoms with Gasteiger partial charge in [-0.25, -0.2) is 0 Å². The van der Waals surface area contributed by atoms with Crippen molar-refractivity contribution in [2.24, 2.45) is 22.9 Å². The van der Waals surface area contributed by atoms with Gasteiger partial charge in [0.1, 0.15) is 19.6 Å². The Morgan fingerprint density at radius 1 is 0.372 bits per heavy atom. The molecule has 1 aliphatic rings. The third kappa shape index (κ3) is 26.1. The molecule has 0 saturated heterocycles. The molecule has 0 aliphatic carbocycles. The van der Waals surface area contributed by atoms with Gasteiger partial charge in [0.25, 0.3) is 0 Å². The Bertz CT molecular complexity index is 4460. The fourth-order valence-corrected chi connectivity index (χ4v) is 13.1. The van der Waals surface area contributed by atoms with E-state index in [1.807, 2.05) is 152 Å². The summed E-state index contributed by atoms with van der Waals surface area (Å²) >= 11 is 0. The molecule has 0 atom stereocenters. The Hall–Kier alpha value is -11.9. The molecule has 113 heavy (non-hydrogen) atoms. The van der Waals surface area contributed by atoms with Gasteiger partial charge in [0.15, 0.2) is 11.5 Å². The third-order valence-electron chi connectivity index (χ3n) is 19.6. The van der Waals surface area contributed by atoms with E-state index < -0.39 is 119 Å². The molecule has 0 bridgehead atoms. The van der Waals surface area contributed by atoms with Crippen molar-refractivity contribution in [2.75, 3.05) is 156 Å². The topological polar surface area (TPSA) is 355 Å². The highest BCUT2D eigenvalue weighted by molar-refractivity contribution is 6.08. The van der Waals surface area contributed by atoms with Crippen molar-refractivity contribution in [3.05, 3.63) is 222 Å². The summed E-state index contributed by atoms with van der Waals surface area (Å²) in [6, 6.07) is 61.9. The number of carbonyl (C=O) groups excluding carboxylic acids is 9. The van der Waals surface area contributed by atoms with E-state index in [-0.39, 0.29) is 96.7 Å². The van der Waals surface area contributed by atoms with Gasteiger partial charge in [-0.05, 0) is 107 Å². The summed E-state index contributed by atoms with van der Waals surface area (Å²) in [7, 11) is 1.61. The van der Waals surface area contributed by atoms with Crippen LogP contribution in [0.15, 0.2) is 200 Å². The third-order valence-corrected chi connectivity index (χ3v) is 19.6. The van der Waals surface area contributed by atoms with Crippen molar-refractivity contribution < 1.29 is 62.5 Å². The minimum absolute atomic E-state index is 0.00882. The summed E-state index contributed by atoms with van der Waals surface area (Å²) < 4.78 is 11.1. The number of nitrogens with two attached hydrogens (primary N) is 4. The van der Waals surface area contributed by atoms with Crippen LogP contribution in [0.1, 0.15) is 41.5 Å². The normalized spacial score (nSPS) is 11.3. The summed E-state index contributed by atoms with van der Waals surface area (Å²) in [5, 5.41) is 14.3. The van der Waals surface area contributed by atoms with E-state index in [9.17, 15) is 33.9 Å². The van der Waals surface area contributed by atoms with E-state index in [0.29, 0.717) is 66.7 Å². The number of nitrogens with one attached hydrogen (secondary N) is 1. The number of carbonyl (C=O) groups is 10. The first-order valence-electron chi connectivity index (χ1n) is 38.2. The van der Waals surface area contributed by atoms with E-state index in [4.69, 9.17) is 32.4 Å². The SMILES string of the molecule is CN(CCCCN)C(=O)CN(Cc1ccc2c(c1)OCO2)C(=O)CN(CCC(=O)O)C(=O)CN(C(=O)CN(CCc1ccc(-c2ccccc2)cc1)C(=O)CN(CCN)C(=O)CN(CCc1ccccc1)C(=O)CN(CCN)C(=O)CN(CCc1ccc(-c2ccccc2)cc1)C(=O)CNCCN)c1cccc2ccccc12. The minimum atomic E-state index is -1.28. The van der Waals surface area contributed by atoms with Gasteiger partial charge in [-0.3, -0.25) is 47.9 Å². The van der Waals surface area contributed by atoms with E-state index in [2.05, 4.69) is 5.32 Å². The van der Waals surface area contributed by atoms with Crippen LogP contribution in [0.4, 0.5) is 5.69 Å². The van der Waals surface area contributed by atoms with Crippen molar-refractivity contribution in [1.82, 2.24) is 44.5 Å². The van der Waals surface area contributed by atoms with Crippen LogP contribution >= 0.6 is 0 Å². The number of carboxylic acid groups (broad SMARTS) is 1. The van der Waals surface area contributed by atoms with Gasteiger partial charge in [0, 0.05) is 91.0 Å². The van der Waals surface area contributed by atoms with E-state index >= 15 is 19.2 Å². The van der Waals surface area contributed by atoms with Crippen LogP contribution in [-0.2, 0) is 73.8 Å². The predicted molar refractivity (Wildman–Crippen MR) is 433 cm³/mol. The summed E-state index contributed by atoms with van der Waals surface area (Å²) in [6.45, 7) is -4.38. The van der Waals surface area contributed by atoms with Gasteiger partial charge in [0.2, 0.25) is 60.0 Å². The second-order valence-corrected chi connectivity index (χ2v) is 27.7. The molecule has 1 heterocycles. The molecule has 0 radical (unpaired) electrons. The molecular formula is C86H104N14O13. The van der Waals surface area contributed by atoms with Crippen LogP contribution in [0, 0.1) is 0 Å². The largest absolute Gasteiger partial charge is 0.481 e. The molecule has 0 fully saturated rings. The molecule has 9 rings (SSSR count). The van der Waals surface area contributed by atoms with Gasteiger partial charge < -0.3 is 86.9 Å². The maximum Gasteiger partial charge on any atom is 0.305 e. The molecular weight excluding hydrogens is 1440 g/mol. The number of anilines is 1. The van der Waals surface area contributed by atoms with Gasteiger partial charge in [-0.15, -0.1) is 0 Å². The van der Waals surface area contributed by atoms with E-state index in [1.165, 1.54) is 39.2 Å². The minimum Gasteiger partial charge on any atom is -0.481 e. The van der Waals surface area contributed by atoms with Crippen molar-refractivity contribution in [2.45, 2.75) is 45.1 Å². The number of amides is 9. The van der Waals surface area contributed by atoms with Gasteiger partial charge >= 0.3 is 5.97 Å². The first-order chi connectivity index (χ1) is 54.8. The smallest absolute Gasteiger partial charge is 0.305 e. The average Bonchev–Trinajstić information content (AvgIpc) is 1.54. The Morgan fingerprint density at radius 3 is 1.32 bits per heavy atom. The molecule has 596 valence electrons. The Balaban J connectivity index is 0.983. The monoisotopic (exact) mass is 1540 g/mol. The lowest BCUT2D eigenvalue weighted by molar-refractivity contribution is -0.147. The number of likely N-dealkylation sites (N-methyl/N-ethyl adjacent to an activating group) is 1. The second kappa shape index (κ2) is 44.2. The molecule has 27 nitrogen and oxygen atoms in total. The number of benzene rings is 8. The molecule has 10 N–H and O–H groups in total. The fourth-order valence-electron chi connectivity index (χ4n) is 13.1. The van der Waals surface area contributed by atoms with Crippen LogP contribution in [0.2, 0.25) is 0 Å². The lowest BCUT2D eigenvalue weighted by Crippen LogP contribution is -2.53. The number of hydrogen-bond acceptors (Lipinski definition) is 17. The maximum absolute atomic E-state index is 15.8. The molecule has 9 amide bonds. The Labute approximate surface area is 659 Å². The molecule has 27 heteroatoms. The summed E-state index contributed by atoms with van der Waals surface area (Å²) in [6.07, 6.45) is 1.56. The Kier molecular flexibility index (Phi) is 33.3. The summed E-state index contributed by atoms with van der Waals surface area (Å²) in [5.74, 6) is -6.02. The first kappa shape index (κ1) is 85.1. The van der Waals surface area contributed by atoms with Crippen LogP contribution in [0.25, 0.3) is 33.0 Å². The standard InChI is InChI=1S/C86H104N14O13/c1-92(45-14-13-40-87)78(102)55-99(54-67-30-35-75-76(52-67)113-63-112-75)83(107)60-96(49-39-86(110)111)84(108)62-100(74-25-15-23-72-22-11-12-24-73(72)74)85(109)61-95(48-38-66-28-33-71(34-29-66)69-20-9-4-10-21-69)80(104)59-98(51-43-90)82(106)57-94(47-36-64-16-5-2-6-17-64)79(103)58-97(50-42-89)81(105)56-93(77(101)53-91-44-41-88)46-37-65-26-31-70(32-27-65)68-18-7-3-8-19-68/h2-12,15-35,52,91H,13-14,36-51,53-63,87-90H2,1H3,(H,110,111). The van der Waals surface area contributed by atoms with Gasteiger partial charge in [0.05, 0.1) is 51.4 Å². The quantitative estimate of drug-likeness (QED) is 0.0270. The van der Waals surface area contributed by atoms with Crippen molar-refractivity contribution >= 4 is 75.6 Å². The molecule has 1 aliphatic heterocycles. The predicted octanol–water partition coefficient (Wildman–Crippen LogP) is 5.10. The molecule has 0 spiro atoms. The number of nitrogens with zero attached hydrogens (tertiary/aromatic N) is 9. The molecule has 0 unspecified atom stereocenters. The lowest BCUT2D eigenvalue weighted by atomic mass is 10.0. The number of hydrogen-bond donors (Lipinski definition) is 6. The fraction of sp³-hybridized carbons (Fsp3) is 0.349. The van der Waals surface area contributed by atoms with Gasteiger partial charge in [-0.1, -0.05) is 182 Å². The van der Waals surface area contributed by atoms with Crippen molar-refractivity contribution in [1.29, 1.82) is 0 Å². The summed E-state index contributed by atoms with van der Waals surface area (Å²) in [4.78, 5) is 158. The van der Waals surface area contributed by atoms with E-state index in [0.717, 1.165) is 43.8 Å². The first-order valence-corrected chi connectivity index (χ1v) is 38.2. The number of fused-ring (bicyclic) bond motifs is 2. The maximum atomic E-state index is 15.8. The zero-order valence-corrected chi connectivity index (χ0v) is 64.2. The van der Waals surface area contributed by atoms with Crippen LogP contribution < -0.4 is 42.6 Å². The Morgan fingerprint density at radius 2 is 0.796 bits per heavy atom. The van der Waals surface area contributed by atoms with Crippen molar-refractivity contribution in [3.63, 3.8) is 0 Å². The highest BCUT2D eigenvalue weighted by Crippen LogP contribution is 2.33. The van der Waals surface area contributed by atoms with Gasteiger partial charge in [-0.2, -0.15) is 0 Å². The highest BCUT2D eigenvalue weighted by Gasteiger charge is 2.33. The van der Waals surface area contributed by atoms with Crippen LogP contribution in [0.3, 0.4) is 0 Å². The number of unbranched alkanes of at least 4 members (excludes halogenated alkanes) is 1. The second-order valence-electron chi connectivity index (χ2n) is 27.7. The molecule has 0 aromatic heterocycles. The number of rotatable bonds is 45. The lowest BCUT2D eigenvalue weighted by Gasteiger charge is -2.33. The summed E-state index contributed by atoms with van der Waals surface area (Å²) in [5.41, 5.74) is 31.2. The van der Waals surface area contributed by atoms with E-state index in [1.54, 1.807) is 55.6 Å². The highest BCUT2D eigenvalue weighted by atomic mass is 16.7. The van der Waals surface area contributed by atoms with Crippen LogP contribution in [-0.4, -0.2) is 255 Å². The molecule has 8 aromatic carbocycles. The number of aliphatic carboxylic acids is 1. The molecule has 8 aromatic rings. The van der Waals surface area contributed by atoms with Crippen molar-refractivity contribution in [3.8, 4) is 33.8 Å². The zero-order valence-electron chi connectivity index (χ0n) is 64.2. The number of ether oxygens (including phenoxy) is 2. The number of carboxylic acids is 1. The average molecular weight is 1540 g/mol. The molecule has 0 saturated carbocycles.